The lowest BCUT2D eigenvalue weighted by Gasteiger charge is -2.34. The number of hydrogen-bond acceptors (Lipinski definition) is 5. The fourth-order valence-electron chi connectivity index (χ4n) is 3.19. The van der Waals surface area contributed by atoms with Gasteiger partial charge in [0.05, 0.1) is 31.1 Å². The number of carbonyl (C=O) groups excluding carboxylic acids is 2. The molecule has 9 nitrogen and oxygen atoms in total. The highest BCUT2D eigenvalue weighted by atomic mass is 16.5. The van der Waals surface area contributed by atoms with Crippen molar-refractivity contribution in [1.82, 2.24) is 19.6 Å². The number of benzene rings is 1. The number of aliphatic imine (C=N–C) groups is 1. The van der Waals surface area contributed by atoms with E-state index in [0.29, 0.717) is 24.7 Å². The molecule has 2 aliphatic rings. The van der Waals surface area contributed by atoms with Crippen LogP contribution < -0.4 is 9.64 Å². The minimum absolute atomic E-state index is 0.0650. The summed E-state index contributed by atoms with van der Waals surface area (Å²) in [5, 5.41) is 4.47. The Morgan fingerprint density at radius 2 is 2.00 bits per heavy atom. The smallest absolute Gasteiger partial charge is 0.331 e. The number of amidine groups is 1. The van der Waals surface area contributed by atoms with E-state index in [0.717, 1.165) is 17.0 Å². The van der Waals surface area contributed by atoms with E-state index in [2.05, 4.69) is 10.1 Å². The summed E-state index contributed by atoms with van der Waals surface area (Å²) in [5.74, 6) is 1.72. The molecule has 1 aromatic heterocycles. The quantitative estimate of drug-likeness (QED) is 0.805. The van der Waals surface area contributed by atoms with Crippen LogP contribution in [0.4, 0.5) is 10.6 Å². The number of aromatic nitrogens is 2. The molecule has 0 fully saturated rings. The summed E-state index contributed by atoms with van der Waals surface area (Å²) < 4.78 is 6.86. The summed E-state index contributed by atoms with van der Waals surface area (Å²) in [7, 11) is 4.94. The number of ether oxygens (including phenoxy) is 1. The first-order chi connectivity index (χ1) is 13.0. The van der Waals surface area contributed by atoms with Crippen LogP contribution in [0.25, 0.3) is 5.69 Å². The van der Waals surface area contributed by atoms with E-state index < -0.39 is 0 Å². The zero-order valence-electron chi connectivity index (χ0n) is 15.4. The zero-order valence-corrected chi connectivity index (χ0v) is 15.4. The van der Waals surface area contributed by atoms with Crippen molar-refractivity contribution in [3.8, 4) is 11.4 Å². The number of amides is 3. The Hall–Kier alpha value is -3.36. The molecule has 4 rings (SSSR count). The number of hydrogen-bond donors (Lipinski definition) is 0. The van der Waals surface area contributed by atoms with Crippen molar-refractivity contribution in [3.63, 3.8) is 0 Å². The van der Waals surface area contributed by atoms with Crippen LogP contribution in [-0.2, 0) is 4.79 Å². The predicted molar refractivity (Wildman–Crippen MR) is 99.7 cm³/mol. The number of carbonyl (C=O) groups is 2. The molecule has 140 valence electrons. The third kappa shape index (κ3) is 2.71. The van der Waals surface area contributed by atoms with Crippen LogP contribution in [0.15, 0.2) is 35.5 Å². The third-order valence-corrected chi connectivity index (χ3v) is 4.65. The molecular formula is C18H20N6O3. The maximum Gasteiger partial charge on any atom is 0.331 e. The molecule has 3 amide bonds. The SMILES string of the molecule is COc1ccc(-n2ncc3c2N(CC(=O)N(C)C)C(=O)N2CCN=C32)cc1. The van der Waals surface area contributed by atoms with Crippen molar-refractivity contribution in [2.45, 2.75) is 0 Å². The normalized spacial score (nSPS) is 15.4. The van der Waals surface area contributed by atoms with Gasteiger partial charge in [-0.25, -0.2) is 9.48 Å². The van der Waals surface area contributed by atoms with E-state index in [9.17, 15) is 9.59 Å². The van der Waals surface area contributed by atoms with E-state index in [-0.39, 0.29) is 18.5 Å². The lowest BCUT2D eigenvalue weighted by molar-refractivity contribution is -0.127. The van der Waals surface area contributed by atoms with Crippen molar-refractivity contribution >= 4 is 23.6 Å². The summed E-state index contributed by atoms with van der Waals surface area (Å²) in [4.78, 5) is 34.4. The van der Waals surface area contributed by atoms with Crippen molar-refractivity contribution in [3.05, 3.63) is 36.0 Å². The van der Waals surface area contributed by atoms with Gasteiger partial charge < -0.3 is 9.64 Å². The van der Waals surface area contributed by atoms with Crippen LogP contribution in [-0.4, -0.2) is 78.2 Å². The van der Waals surface area contributed by atoms with Gasteiger partial charge in [-0.05, 0) is 24.3 Å². The van der Waals surface area contributed by atoms with Gasteiger partial charge in [-0.15, -0.1) is 0 Å². The predicted octanol–water partition coefficient (Wildman–Crippen LogP) is 0.971. The summed E-state index contributed by atoms with van der Waals surface area (Å²) in [6.07, 6.45) is 1.69. The van der Waals surface area contributed by atoms with E-state index in [4.69, 9.17) is 4.74 Å². The molecule has 3 heterocycles. The molecule has 0 saturated carbocycles. The largest absolute Gasteiger partial charge is 0.497 e. The molecule has 2 aromatic rings. The molecule has 0 radical (unpaired) electrons. The van der Waals surface area contributed by atoms with Gasteiger partial charge >= 0.3 is 6.03 Å². The Kier molecular flexibility index (Phi) is 4.06. The standard InChI is InChI=1S/C18H20N6O3/c1-21(2)15(25)11-23-17-14(16-19-8-9-22(16)18(23)26)10-20-24(17)12-4-6-13(27-3)7-5-12/h4-7,10H,8-9,11H2,1-3H3. The number of likely N-dealkylation sites (N-methyl/N-ethyl adjacent to an activating group) is 1. The molecule has 27 heavy (non-hydrogen) atoms. The van der Waals surface area contributed by atoms with Crippen LogP contribution in [0.2, 0.25) is 0 Å². The summed E-state index contributed by atoms with van der Waals surface area (Å²) in [5.41, 5.74) is 1.51. The molecule has 0 saturated heterocycles. The van der Waals surface area contributed by atoms with Crippen LogP contribution in [0.1, 0.15) is 5.56 Å². The Morgan fingerprint density at radius 3 is 2.67 bits per heavy atom. The molecule has 0 unspecified atom stereocenters. The molecule has 0 spiro atoms. The monoisotopic (exact) mass is 368 g/mol. The lowest BCUT2D eigenvalue weighted by atomic mass is 10.2. The number of anilines is 1. The van der Waals surface area contributed by atoms with Gasteiger partial charge in [0.1, 0.15) is 18.1 Å². The first kappa shape index (κ1) is 17.1. The molecule has 0 bridgehead atoms. The molecule has 0 atom stereocenters. The minimum atomic E-state index is -0.260. The maximum atomic E-state index is 13.0. The summed E-state index contributed by atoms with van der Waals surface area (Å²) in [6.45, 7) is 0.988. The van der Waals surface area contributed by atoms with Gasteiger partial charge in [0.25, 0.3) is 0 Å². The maximum absolute atomic E-state index is 13.0. The van der Waals surface area contributed by atoms with Gasteiger partial charge in [-0.2, -0.15) is 5.10 Å². The molecule has 9 heteroatoms. The number of fused-ring (bicyclic) bond motifs is 3. The Morgan fingerprint density at radius 1 is 1.26 bits per heavy atom. The van der Waals surface area contributed by atoms with Crippen molar-refractivity contribution in [2.24, 2.45) is 4.99 Å². The van der Waals surface area contributed by atoms with Gasteiger partial charge in [0.15, 0.2) is 5.82 Å². The van der Waals surface area contributed by atoms with Crippen LogP contribution >= 0.6 is 0 Å². The molecule has 2 aliphatic heterocycles. The van der Waals surface area contributed by atoms with Gasteiger partial charge in [0, 0.05) is 20.6 Å². The van der Waals surface area contributed by atoms with Gasteiger partial charge in [-0.3, -0.25) is 19.6 Å². The van der Waals surface area contributed by atoms with Crippen LogP contribution in [0, 0.1) is 0 Å². The fourth-order valence-corrected chi connectivity index (χ4v) is 3.19. The minimum Gasteiger partial charge on any atom is -0.497 e. The first-order valence-electron chi connectivity index (χ1n) is 8.57. The summed E-state index contributed by atoms with van der Waals surface area (Å²) >= 11 is 0. The van der Waals surface area contributed by atoms with Crippen LogP contribution in [0.3, 0.4) is 0 Å². The van der Waals surface area contributed by atoms with Crippen LogP contribution in [0.5, 0.6) is 5.75 Å². The molecular weight excluding hydrogens is 348 g/mol. The van der Waals surface area contributed by atoms with Crippen molar-refractivity contribution in [1.29, 1.82) is 0 Å². The topological polar surface area (TPSA) is 83.3 Å². The molecule has 1 aromatic carbocycles. The molecule has 0 aliphatic carbocycles. The first-order valence-corrected chi connectivity index (χ1v) is 8.57. The highest BCUT2D eigenvalue weighted by Crippen LogP contribution is 2.33. The van der Waals surface area contributed by atoms with E-state index >= 15 is 0 Å². The van der Waals surface area contributed by atoms with E-state index in [1.54, 1.807) is 37.0 Å². The number of urea groups is 1. The second-order valence-corrected chi connectivity index (χ2v) is 6.51. The highest BCUT2D eigenvalue weighted by molar-refractivity contribution is 6.20. The van der Waals surface area contributed by atoms with Crippen molar-refractivity contribution < 1.29 is 14.3 Å². The van der Waals surface area contributed by atoms with Gasteiger partial charge in [-0.1, -0.05) is 0 Å². The number of nitrogens with zero attached hydrogens (tertiary/aromatic N) is 6. The second kappa shape index (κ2) is 6.42. The number of rotatable bonds is 4. The fraction of sp³-hybridized carbons (Fsp3) is 0.333. The Balaban J connectivity index is 1.83. The zero-order chi connectivity index (χ0) is 19.1. The Bertz CT molecular complexity index is 931. The number of methoxy groups -OCH3 is 1. The molecule has 0 N–H and O–H groups in total. The average Bonchev–Trinajstić information content (AvgIpc) is 3.32. The van der Waals surface area contributed by atoms with E-state index in [1.807, 2.05) is 24.3 Å². The second-order valence-electron chi connectivity index (χ2n) is 6.51. The Labute approximate surface area is 156 Å². The highest BCUT2D eigenvalue weighted by Gasteiger charge is 2.41. The average molecular weight is 368 g/mol. The van der Waals surface area contributed by atoms with E-state index in [1.165, 1.54) is 9.80 Å². The third-order valence-electron chi connectivity index (χ3n) is 4.65. The summed E-state index contributed by atoms with van der Waals surface area (Å²) in [6, 6.07) is 7.09. The van der Waals surface area contributed by atoms with Crippen molar-refractivity contribution in [2.75, 3.05) is 45.7 Å². The van der Waals surface area contributed by atoms with Gasteiger partial charge in [0.2, 0.25) is 5.91 Å². The lowest BCUT2D eigenvalue weighted by Crippen LogP contribution is -2.53.